The first kappa shape index (κ1) is 19.0. The van der Waals surface area contributed by atoms with E-state index in [1.807, 2.05) is 0 Å². The zero-order chi connectivity index (χ0) is 18.2. The summed E-state index contributed by atoms with van der Waals surface area (Å²) in [6.07, 6.45) is -4.67. The fourth-order valence-electron chi connectivity index (χ4n) is 2.58. The SMILES string of the molecule is CCN([C@@H]1CCS(=O)(=O)C1)S(=O)(=O)c1ccc(OC(F)(F)F)cc1. The number of sulfonamides is 1. The third kappa shape index (κ3) is 4.39. The smallest absolute Gasteiger partial charge is 0.406 e. The van der Waals surface area contributed by atoms with Crippen LogP contribution in [0.2, 0.25) is 0 Å². The molecule has 6 nitrogen and oxygen atoms in total. The van der Waals surface area contributed by atoms with E-state index in [4.69, 9.17) is 0 Å². The van der Waals surface area contributed by atoms with Gasteiger partial charge in [0.05, 0.1) is 16.4 Å². The van der Waals surface area contributed by atoms with E-state index in [9.17, 15) is 30.0 Å². The molecule has 0 amide bonds. The largest absolute Gasteiger partial charge is 0.573 e. The number of sulfone groups is 1. The molecule has 0 unspecified atom stereocenters. The van der Waals surface area contributed by atoms with E-state index in [-0.39, 0.29) is 29.4 Å². The van der Waals surface area contributed by atoms with Crippen molar-refractivity contribution in [3.05, 3.63) is 24.3 Å². The van der Waals surface area contributed by atoms with Crippen molar-refractivity contribution in [3.8, 4) is 5.75 Å². The number of benzene rings is 1. The number of hydrogen-bond acceptors (Lipinski definition) is 5. The lowest BCUT2D eigenvalue weighted by molar-refractivity contribution is -0.274. The Morgan fingerprint density at radius 3 is 2.25 bits per heavy atom. The molecular formula is C13H16F3NO5S2. The van der Waals surface area contributed by atoms with Crippen LogP contribution in [0.3, 0.4) is 0 Å². The van der Waals surface area contributed by atoms with E-state index in [2.05, 4.69) is 4.74 Å². The van der Waals surface area contributed by atoms with Crippen molar-refractivity contribution in [2.45, 2.75) is 30.6 Å². The van der Waals surface area contributed by atoms with Gasteiger partial charge in [0.2, 0.25) is 10.0 Å². The van der Waals surface area contributed by atoms with Crippen LogP contribution >= 0.6 is 0 Å². The Hall–Kier alpha value is -1.33. The number of alkyl halides is 3. The van der Waals surface area contributed by atoms with Crippen molar-refractivity contribution in [2.75, 3.05) is 18.1 Å². The Kier molecular flexibility index (Phi) is 5.17. The minimum atomic E-state index is -4.87. The minimum absolute atomic E-state index is 0.0589. The van der Waals surface area contributed by atoms with Gasteiger partial charge in [0.15, 0.2) is 9.84 Å². The topological polar surface area (TPSA) is 80.8 Å². The van der Waals surface area contributed by atoms with Crippen LogP contribution in [0.4, 0.5) is 13.2 Å². The van der Waals surface area contributed by atoms with Crippen LogP contribution in [0, 0.1) is 0 Å². The van der Waals surface area contributed by atoms with Crippen molar-refractivity contribution >= 4 is 19.9 Å². The molecule has 0 N–H and O–H groups in total. The summed E-state index contributed by atoms with van der Waals surface area (Å²) in [7, 11) is -7.28. The minimum Gasteiger partial charge on any atom is -0.406 e. The molecule has 1 aliphatic heterocycles. The molecule has 0 aliphatic carbocycles. The normalized spacial score (nSPS) is 21.1. The number of ether oxygens (including phenoxy) is 1. The number of nitrogens with zero attached hydrogens (tertiary/aromatic N) is 1. The van der Waals surface area contributed by atoms with Crippen LogP contribution < -0.4 is 4.74 Å². The van der Waals surface area contributed by atoms with Crippen LogP contribution in [0.25, 0.3) is 0 Å². The van der Waals surface area contributed by atoms with Crippen LogP contribution in [0.15, 0.2) is 29.2 Å². The predicted octanol–water partition coefficient (Wildman–Crippen LogP) is 1.78. The summed E-state index contributed by atoms with van der Waals surface area (Å²) < 4.78 is 89.5. The van der Waals surface area contributed by atoms with E-state index in [1.165, 1.54) is 0 Å². The molecule has 0 spiro atoms. The van der Waals surface area contributed by atoms with Gasteiger partial charge in [0.1, 0.15) is 5.75 Å². The highest BCUT2D eigenvalue weighted by Gasteiger charge is 2.38. The van der Waals surface area contributed by atoms with Crippen molar-refractivity contribution in [2.24, 2.45) is 0 Å². The molecule has 11 heteroatoms. The molecule has 0 aromatic heterocycles. The highest BCUT2D eigenvalue weighted by atomic mass is 32.2. The first-order valence-corrected chi connectivity index (χ1v) is 10.3. The van der Waals surface area contributed by atoms with Gasteiger partial charge in [0.25, 0.3) is 0 Å². The molecule has 0 bridgehead atoms. The second-order valence-electron chi connectivity index (χ2n) is 5.28. The van der Waals surface area contributed by atoms with E-state index >= 15 is 0 Å². The second-order valence-corrected chi connectivity index (χ2v) is 9.40. The van der Waals surface area contributed by atoms with Crippen molar-refractivity contribution in [3.63, 3.8) is 0 Å². The Morgan fingerprint density at radius 1 is 1.25 bits per heavy atom. The average molecular weight is 387 g/mol. The van der Waals surface area contributed by atoms with E-state index in [0.29, 0.717) is 0 Å². The van der Waals surface area contributed by atoms with Gasteiger partial charge < -0.3 is 4.74 Å². The Labute approximate surface area is 138 Å². The number of hydrogen-bond donors (Lipinski definition) is 0. The van der Waals surface area contributed by atoms with Crippen molar-refractivity contribution in [1.82, 2.24) is 4.31 Å². The summed E-state index contributed by atoms with van der Waals surface area (Å²) in [5.74, 6) is -0.870. The number of halogens is 3. The molecule has 1 saturated heterocycles. The van der Waals surface area contributed by atoms with E-state index < -0.39 is 38.0 Å². The molecule has 1 aromatic rings. The van der Waals surface area contributed by atoms with Gasteiger partial charge >= 0.3 is 6.36 Å². The van der Waals surface area contributed by atoms with Gasteiger partial charge in [-0.05, 0) is 30.7 Å². The number of rotatable bonds is 5. The third-order valence-corrected chi connectivity index (χ3v) is 7.38. The summed E-state index contributed by atoms with van der Waals surface area (Å²) in [5.41, 5.74) is 0. The fourth-order valence-corrected chi connectivity index (χ4v) is 6.06. The molecule has 1 aromatic carbocycles. The van der Waals surface area contributed by atoms with Gasteiger partial charge in [-0.25, -0.2) is 16.8 Å². The second kappa shape index (κ2) is 6.52. The van der Waals surface area contributed by atoms with Crippen LogP contribution in [-0.2, 0) is 19.9 Å². The molecule has 24 heavy (non-hydrogen) atoms. The molecule has 2 rings (SSSR count). The summed E-state index contributed by atoms with van der Waals surface area (Å²) in [6, 6.07) is 3.14. The maximum atomic E-state index is 12.6. The van der Waals surface area contributed by atoms with E-state index in [1.54, 1.807) is 6.92 Å². The van der Waals surface area contributed by atoms with Crippen molar-refractivity contribution in [1.29, 1.82) is 0 Å². The lowest BCUT2D eigenvalue weighted by Crippen LogP contribution is -2.40. The molecule has 0 saturated carbocycles. The summed E-state index contributed by atoms with van der Waals surface area (Å²) in [4.78, 5) is -0.219. The predicted molar refractivity (Wildman–Crippen MR) is 79.7 cm³/mol. The van der Waals surface area contributed by atoms with Crippen LogP contribution in [0.5, 0.6) is 5.75 Å². The summed E-state index contributed by atoms with van der Waals surface area (Å²) in [6.45, 7) is 1.63. The van der Waals surface area contributed by atoms with Gasteiger partial charge in [-0.1, -0.05) is 6.92 Å². The standard InChI is InChI=1S/C13H16F3NO5S2/c1-2-17(10-7-8-23(18,19)9-10)24(20,21)12-5-3-11(4-6-12)22-13(14,15)16/h3-6,10H,2,7-9H2,1H3/t10-/m1/s1. The molecule has 1 aliphatic rings. The lowest BCUT2D eigenvalue weighted by Gasteiger charge is -2.26. The summed E-state index contributed by atoms with van der Waals surface area (Å²) in [5, 5.41) is 0. The quantitative estimate of drug-likeness (QED) is 0.769. The zero-order valence-corrected chi connectivity index (χ0v) is 14.3. The monoisotopic (exact) mass is 387 g/mol. The highest BCUT2D eigenvalue weighted by molar-refractivity contribution is 7.92. The van der Waals surface area contributed by atoms with E-state index in [0.717, 1.165) is 28.6 Å². The average Bonchev–Trinajstić information content (AvgIpc) is 2.78. The van der Waals surface area contributed by atoms with Gasteiger partial charge in [-0.2, -0.15) is 4.31 Å². The fraction of sp³-hybridized carbons (Fsp3) is 0.538. The molecular weight excluding hydrogens is 371 g/mol. The highest BCUT2D eigenvalue weighted by Crippen LogP contribution is 2.27. The van der Waals surface area contributed by atoms with Gasteiger partial charge in [0, 0.05) is 12.6 Å². The Morgan fingerprint density at radius 2 is 1.83 bits per heavy atom. The molecule has 1 fully saturated rings. The first-order chi connectivity index (χ1) is 10.9. The summed E-state index contributed by atoms with van der Waals surface area (Å²) >= 11 is 0. The Balaban J connectivity index is 2.25. The van der Waals surface area contributed by atoms with Crippen molar-refractivity contribution < 1.29 is 34.7 Å². The maximum Gasteiger partial charge on any atom is 0.573 e. The first-order valence-electron chi connectivity index (χ1n) is 7.03. The molecule has 1 atom stereocenters. The van der Waals surface area contributed by atoms with Crippen LogP contribution in [-0.4, -0.2) is 51.6 Å². The van der Waals surface area contributed by atoms with Crippen LogP contribution in [0.1, 0.15) is 13.3 Å². The molecule has 0 radical (unpaired) electrons. The third-order valence-electron chi connectivity index (χ3n) is 3.59. The maximum absolute atomic E-state index is 12.6. The van der Waals surface area contributed by atoms with Gasteiger partial charge in [-0.15, -0.1) is 13.2 Å². The molecule has 136 valence electrons. The Bertz CT molecular complexity index is 788. The lowest BCUT2D eigenvalue weighted by atomic mass is 10.3. The zero-order valence-electron chi connectivity index (χ0n) is 12.7. The van der Waals surface area contributed by atoms with Gasteiger partial charge in [-0.3, -0.25) is 0 Å². The molecule has 1 heterocycles.